The molecule has 9 nitrogen and oxygen atoms in total. The van der Waals surface area contributed by atoms with Crippen LogP contribution in [0.5, 0.6) is 11.8 Å². The van der Waals surface area contributed by atoms with Crippen LogP contribution in [0.25, 0.3) is 32.8 Å². The number of rotatable bonds is 5. The molecule has 264 valence electrons. The molecule has 4 aromatic rings. The van der Waals surface area contributed by atoms with Crippen molar-refractivity contribution in [3.05, 3.63) is 53.8 Å². The van der Waals surface area contributed by atoms with Crippen LogP contribution in [0.15, 0.2) is 36.4 Å². The molecule has 2 bridgehead atoms. The summed E-state index contributed by atoms with van der Waals surface area (Å²) in [5, 5.41) is 10.9. The highest BCUT2D eigenvalue weighted by molar-refractivity contribution is 6.01. The van der Waals surface area contributed by atoms with Gasteiger partial charge in [-0.05, 0) is 88.2 Å². The minimum Gasteiger partial charge on any atom is -0.508 e. The minimum atomic E-state index is -1.16. The highest BCUT2D eigenvalue weighted by atomic mass is 19.2. The van der Waals surface area contributed by atoms with Crippen molar-refractivity contribution in [3.63, 3.8) is 0 Å². The fraction of sp³-hybridized carbons (Fsp3) is 0.486. The first-order valence-electron chi connectivity index (χ1n) is 17.2. The number of ether oxygens (including phenoxy) is 2. The Hall–Kier alpha value is -4.39. The van der Waals surface area contributed by atoms with Crippen molar-refractivity contribution < 1.29 is 36.9 Å². The molecule has 4 aliphatic rings. The molecule has 1 amide bonds. The molecule has 0 spiro atoms. The summed E-state index contributed by atoms with van der Waals surface area (Å²) >= 11 is 0. The maximum Gasteiger partial charge on any atom is 0.410 e. The molecular weight excluding hydrogens is 654 g/mol. The molecule has 50 heavy (non-hydrogen) atoms. The summed E-state index contributed by atoms with van der Waals surface area (Å²) < 4.78 is 73.0. The number of alkyl halides is 1. The third-order valence-electron chi connectivity index (χ3n) is 10.7. The number of aromatic hydroxyl groups is 1. The number of benzene rings is 3. The van der Waals surface area contributed by atoms with E-state index in [2.05, 4.69) is 9.88 Å². The van der Waals surface area contributed by atoms with Gasteiger partial charge in [0.2, 0.25) is 0 Å². The van der Waals surface area contributed by atoms with Gasteiger partial charge in [-0.15, -0.1) is 0 Å². The topological polar surface area (TPSA) is 91.3 Å². The van der Waals surface area contributed by atoms with Gasteiger partial charge in [0, 0.05) is 42.4 Å². The number of nitrogens with zero attached hydrogens (tertiary/aromatic N) is 5. The van der Waals surface area contributed by atoms with Gasteiger partial charge in [0.25, 0.3) is 0 Å². The van der Waals surface area contributed by atoms with Crippen LogP contribution in [0.1, 0.15) is 52.9 Å². The van der Waals surface area contributed by atoms with Gasteiger partial charge >= 0.3 is 12.1 Å². The van der Waals surface area contributed by atoms with Gasteiger partial charge in [0.05, 0.1) is 17.6 Å². The summed E-state index contributed by atoms with van der Waals surface area (Å²) in [5.74, 6) is -2.93. The number of anilines is 1. The van der Waals surface area contributed by atoms with Crippen molar-refractivity contribution in [1.29, 1.82) is 0 Å². The lowest BCUT2D eigenvalue weighted by atomic mass is 9.95. The first kappa shape index (κ1) is 32.8. The maximum absolute atomic E-state index is 16.9. The lowest BCUT2D eigenvalue weighted by Gasteiger charge is -2.42. The predicted molar refractivity (Wildman–Crippen MR) is 180 cm³/mol. The van der Waals surface area contributed by atoms with E-state index in [4.69, 9.17) is 14.5 Å². The van der Waals surface area contributed by atoms with Gasteiger partial charge in [0.1, 0.15) is 35.5 Å². The molecule has 13 heteroatoms. The SMILES string of the molecule is CC(C)(C)OC(=O)N1C2CCC1CN(c1nc(OC[C@@]34CCCN3C[C@H](F)C4)nc3c(F)c(-c4cc(O)cc5ccc(F)c(F)c45)ccc13)C2. The number of hydrogen-bond acceptors (Lipinski definition) is 8. The van der Waals surface area contributed by atoms with E-state index in [1.165, 1.54) is 24.3 Å². The molecule has 0 saturated carbocycles. The Labute approximate surface area is 286 Å². The maximum atomic E-state index is 16.9. The zero-order valence-electron chi connectivity index (χ0n) is 28.2. The molecule has 4 aliphatic heterocycles. The van der Waals surface area contributed by atoms with E-state index in [1.54, 1.807) is 11.0 Å². The third-order valence-corrected chi connectivity index (χ3v) is 10.7. The number of halogens is 4. The Bertz CT molecular complexity index is 2010. The number of phenolic OH excluding ortho intramolecular Hbond substituents is 1. The normalized spacial score (nSPS) is 25.1. The zero-order valence-corrected chi connectivity index (χ0v) is 28.2. The van der Waals surface area contributed by atoms with Crippen molar-refractivity contribution >= 4 is 33.6 Å². The lowest BCUT2D eigenvalue weighted by molar-refractivity contribution is 0.0122. The summed E-state index contributed by atoms with van der Waals surface area (Å²) in [6, 6.07) is 7.43. The summed E-state index contributed by atoms with van der Waals surface area (Å²) in [4.78, 5) is 28.4. The molecule has 8 rings (SSSR count). The van der Waals surface area contributed by atoms with Gasteiger partial charge in [-0.25, -0.2) is 22.4 Å². The largest absolute Gasteiger partial charge is 0.508 e. The Balaban J connectivity index is 1.22. The van der Waals surface area contributed by atoms with Crippen LogP contribution in [-0.4, -0.2) is 93.1 Å². The van der Waals surface area contributed by atoms with Crippen molar-refractivity contribution in [1.82, 2.24) is 19.8 Å². The van der Waals surface area contributed by atoms with E-state index in [1.807, 2.05) is 25.7 Å². The number of fused-ring (bicyclic) bond motifs is 5. The number of carbonyl (C=O) groups is 1. The number of phenols is 1. The van der Waals surface area contributed by atoms with Gasteiger partial charge in [-0.1, -0.05) is 12.1 Å². The van der Waals surface area contributed by atoms with Crippen molar-refractivity contribution in [2.45, 2.75) is 82.3 Å². The van der Waals surface area contributed by atoms with E-state index in [-0.39, 0.29) is 64.0 Å². The van der Waals surface area contributed by atoms with Crippen LogP contribution in [0.4, 0.5) is 28.2 Å². The molecule has 5 heterocycles. The monoisotopic (exact) mass is 693 g/mol. The second-order valence-corrected chi connectivity index (χ2v) is 15.1. The van der Waals surface area contributed by atoms with Crippen LogP contribution in [0.3, 0.4) is 0 Å². The minimum absolute atomic E-state index is 0.0384. The van der Waals surface area contributed by atoms with Crippen molar-refractivity contribution in [2.75, 3.05) is 37.7 Å². The van der Waals surface area contributed by atoms with Crippen molar-refractivity contribution in [2.24, 2.45) is 0 Å². The molecular formula is C37H39F4N5O4. The first-order chi connectivity index (χ1) is 23.8. The molecule has 0 aliphatic carbocycles. The van der Waals surface area contributed by atoms with Crippen LogP contribution in [0, 0.1) is 17.5 Å². The van der Waals surface area contributed by atoms with E-state index >= 15 is 8.78 Å². The van der Waals surface area contributed by atoms with Crippen LogP contribution >= 0.6 is 0 Å². The van der Waals surface area contributed by atoms with E-state index in [9.17, 15) is 18.7 Å². The second kappa shape index (κ2) is 11.9. The lowest BCUT2D eigenvalue weighted by Crippen LogP contribution is -2.57. The van der Waals surface area contributed by atoms with E-state index in [0.29, 0.717) is 37.3 Å². The van der Waals surface area contributed by atoms with Crippen LogP contribution in [0.2, 0.25) is 0 Å². The van der Waals surface area contributed by atoms with Crippen LogP contribution < -0.4 is 9.64 Å². The Morgan fingerprint density at radius 1 is 1.00 bits per heavy atom. The number of piperazine rings is 1. The molecule has 0 radical (unpaired) electrons. The highest BCUT2D eigenvalue weighted by Crippen LogP contribution is 2.43. The molecule has 1 aromatic heterocycles. The summed E-state index contributed by atoms with van der Waals surface area (Å²) in [5.41, 5.74) is -1.39. The number of amides is 1. The third kappa shape index (κ3) is 5.53. The second-order valence-electron chi connectivity index (χ2n) is 15.1. The standard InChI is InChI=1S/C37H39F4N5O4/c1-36(2,3)50-35(48)46-22-6-7-23(46)18-44(17-22)33-26-9-8-25(27-14-24(47)13-20-5-10-28(39)31(41)29(20)27)30(40)32(26)42-34(43-33)49-19-37-11-4-12-45(37)16-21(38)15-37/h5,8-10,13-14,21-23,47H,4,6-7,11-12,15-19H2,1-3H3/t21-,22?,23?,37+/m1/s1. The summed E-state index contributed by atoms with van der Waals surface area (Å²) in [6.07, 6.45) is 2.19. The fourth-order valence-electron chi connectivity index (χ4n) is 8.57. The quantitative estimate of drug-likeness (QED) is 0.221. The van der Waals surface area contributed by atoms with Gasteiger partial charge in [0.15, 0.2) is 17.5 Å². The number of carbonyl (C=O) groups excluding carboxylic acids is 1. The zero-order chi connectivity index (χ0) is 35.1. The molecule has 2 unspecified atom stereocenters. The summed E-state index contributed by atoms with van der Waals surface area (Å²) in [7, 11) is 0. The smallest absolute Gasteiger partial charge is 0.410 e. The molecule has 3 aromatic carbocycles. The average Bonchev–Trinajstić information content (AvgIpc) is 3.67. The molecule has 4 fully saturated rings. The van der Waals surface area contributed by atoms with E-state index < -0.39 is 34.8 Å². The van der Waals surface area contributed by atoms with Crippen LogP contribution in [-0.2, 0) is 4.74 Å². The van der Waals surface area contributed by atoms with Gasteiger partial charge in [-0.3, -0.25) is 9.80 Å². The average molecular weight is 694 g/mol. The predicted octanol–water partition coefficient (Wildman–Crippen LogP) is 7.12. The molecule has 4 saturated heterocycles. The van der Waals surface area contributed by atoms with Gasteiger partial charge < -0.3 is 19.5 Å². The van der Waals surface area contributed by atoms with Crippen molar-refractivity contribution in [3.8, 4) is 22.9 Å². The van der Waals surface area contributed by atoms with Gasteiger partial charge in [-0.2, -0.15) is 9.97 Å². The molecule has 1 N–H and O–H groups in total. The first-order valence-corrected chi connectivity index (χ1v) is 17.2. The summed E-state index contributed by atoms with van der Waals surface area (Å²) in [6.45, 7) is 7.54. The Morgan fingerprint density at radius 2 is 1.76 bits per heavy atom. The fourth-order valence-corrected chi connectivity index (χ4v) is 8.57. The number of aromatic nitrogens is 2. The Morgan fingerprint density at radius 3 is 2.50 bits per heavy atom. The highest BCUT2D eigenvalue weighted by Gasteiger charge is 2.50. The molecule has 4 atom stereocenters. The number of hydrogen-bond donors (Lipinski definition) is 1. The Kier molecular flexibility index (Phi) is 7.77. The van der Waals surface area contributed by atoms with E-state index in [0.717, 1.165) is 38.3 Å².